The summed E-state index contributed by atoms with van der Waals surface area (Å²) in [6, 6.07) is 13.4. The third-order valence-corrected chi connectivity index (χ3v) is 5.63. The van der Waals surface area contributed by atoms with Gasteiger partial charge in [-0.05, 0) is 61.2 Å². The summed E-state index contributed by atoms with van der Waals surface area (Å²) in [4.78, 5) is 25.6. The van der Waals surface area contributed by atoms with E-state index in [0.717, 1.165) is 29.7 Å². The molecule has 166 valence electrons. The van der Waals surface area contributed by atoms with E-state index in [4.69, 9.17) is 3.07 Å². The summed E-state index contributed by atoms with van der Waals surface area (Å²) in [5.74, 6) is 0.0405. The van der Waals surface area contributed by atoms with Gasteiger partial charge in [-0.3, -0.25) is 9.59 Å². The Hall–Kier alpha value is -2.89. The maximum Gasteiger partial charge on any atom is 0.416 e. The number of rotatable bonds is 6. The van der Waals surface area contributed by atoms with Crippen LogP contribution >= 0.6 is 23.0 Å². The number of nitrogens with one attached hydrogen (secondary N) is 1. The normalized spacial score (nSPS) is 14.6. The Morgan fingerprint density at radius 3 is 2.47 bits per heavy atom. The molecule has 0 aliphatic heterocycles. The lowest BCUT2D eigenvalue weighted by Crippen LogP contribution is -2.36. The first-order valence-corrected chi connectivity index (χ1v) is 10.6. The van der Waals surface area contributed by atoms with Crippen molar-refractivity contribution < 1.29 is 21.0 Å². The molecule has 1 N–H and O–H groups in total. The van der Waals surface area contributed by atoms with E-state index in [2.05, 4.69) is 10.4 Å². The van der Waals surface area contributed by atoms with Gasteiger partial charge in [-0.15, -0.1) is 0 Å². The minimum absolute atomic E-state index is 0.0751. The molecule has 32 heavy (non-hydrogen) atoms. The molecule has 10 heteroatoms. The number of halogens is 4. The number of nitrogens with zero attached hydrogens (tertiary/aromatic N) is 2. The molecule has 1 aromatic heterocycles. The molecule has 0 saturated heterocycles. The first kappa shape index (κ1) is 22.3. The number of benzene rings is 2. The third kappa shape index (κ3) is 4.95. The number of amides is 1. The molecule has 1 amide bonds. The van der Waals surface area contributed by atoms with Gasteiger partial charge >= 0.3 is 6.18 Å². The Balaban J connectivity index is 1.62. The highest BCUT2D eigenvalue weighted by Crippen LogP contribution is 2.40. The molecule has 1 heterocycles. The number of carbonyl (C=O) groups excluding carboxylic acids is 1. The van der Waals surface area contributed by atoms with Gasteiger partial charge in [0.25, 0.3) is 5.56 Å². The lowest BCUT2D eigenvalue weighted by atomic mass is 10.1. The predicted molar refractivity (Wildman–Crippen MR) is 120 cm³/mol. The zero-order chi connectivity index (χ0) is 22.9. The third-order valence-electron chi connectivity index (χ3n) is 5.12. The molecule has 6 nitrogen and oxygen atoms in total. The topological polar surface area (TPSA) is 73.2 Å². The minimum atomic E-state index is -4.46. The first-order valence-electron chi connectivity index (χ1n) is 9.73. The van der Waals surface area contributed by atoms with Crippen LogP contribution < -0.4 is 13.9 Å². The maximum atomic E-state index is 13.0. The number of carbonyl (C=O) groups is 1. The molecule has 1 aliphatic rings. The van der Waals surface area contributed by atoms with Crippen molar-refractivity contribution in [2.45, 2.75) is 25.1 Å². The Labute approximate surface area is 195 Å². The minimum Gasteiger partial charge on any atom is -0.428 e. The van der Waals surface area contributed by atoms with Crippen molar-refractivity contribution in [3.8, 4) is 17.0 Å². The summed E-state index contributed by atoms with van der Waals surface area (Å²) in [6.45, 7) is 0. The van der Waals surface area contributed by atoms with Gasteiger partial charge < -0.3 is 8.38 Å². The van der Waals surface area contributed by atoms with Crippen molar-refractivity contribution in [2.24, 2.45) is 5.92 Å². The highest BCUT2D eigenvalue weighted by Gasteiger charge is 2.39. The quantitative estimate of drug-likeness (QED) is 0.422. The maximum absolute atomic E-state index is 13.0. The molecule has 1 saturated carbocycles. The number of hydrogen-bond donors (Lipinski definition) is 1. The zero-order valence-corrected chi connectivity index (χ0v) is 18.6. The summed E-state index contributed by atoms with van der Waals surface area (Å²) in [5, 5.41) is 7.04. The number of anilines is 1. The molecule has 1 fully saturated rings. The summed E-state index contributed by atoms with van der Waals surface area (Å²) >= 11 is 1.76. The SMILES string of the molecule is O=C(Nc1ccc(C(F)(F)F)cc1)C(C1CC1)n1nc(-c2cccc(OI)c2)ccc1=O. The van der Waals surface area contributed by atoms with Gasteiger partial charge in [0, 0.05) is 17.3 Å². The van der Waals surface area contributed by atoms with Gasteiger partial charge in [0.15, 0.2) is 23.0 Å². The molecule has 4 rings (SSSR count). The second-order valence-electron chi connectivity index (χ2n) is 7.45. The van der Waals surface area contributed by atoms with Gasteiger partial charge in [0.1, 0.15) is 11.8 Å². The van der Waals surface area contributed by atoms with E-state index in [1.54, 1.807) is 47.3 Å². The van der Waals surface area contributed by atoms with Crippen LogP contribution in [-0.2, 0) is 11.0 Å². The smallest absolute Gasteiger partial charge is 0.416 e. The molecular weight excluding hydrogens is 538 g/mol. The highest BCUT2D eigenvalue weighted by molar-refractivity contribution is 14.1. The van der Waals surface area contributed by atoms with Crippen LogP contribution in [0.25, 0.3) is 11.3 Å². The van der Waals surface area contributed by atoms with E-state index in [1.165, 1.54) is 18.2 Å². The highest BCUT2D eigenvalue weighted by atomic mass is 127. The Kier molecular flexibility index (Phi) is 6.22. The summed E-state index contributed by atoms with van der Waals surface area (Å²) in [5.41, 5.74) is 0.176. The fourth-order valence-electron chi connectivity index (χ4n) is 3.38. The van der Waals surface area contributed by atoms with Crippen LogP contribution in [0.5, 0.6) is 5.75 Å². The number of alkyl halides is 3. The standard InChI is InChI=1S/C22H17F3IN3O3/c23-22(24,25)15-6-8-16(9-7-15)27-21(31)20(13-4-5-13)29-19(30)11-10-18(28-29)14-2-1-3-17(12-14)32-26/h1-3,6-13,20H,4-5H2,(H,27,31). The van der Waals surface area contributed by atoms with Gasteiger partial charge in [-0.1, -0.05) is 12.1 Å². The van der Waals surface area contributed by atoms with Crippen molar-refractivity contribution >= 4 is 34.6 Å². The van der Waals surface area contributed by atoms with E-state index >= 15 is 0 Å². The van der Waals surface area contributed by atoms with Crippen LogP contribution in [0.2, 0.25) is 0 Å². The molecule has 0 bridgehead atoms. The van der Waals surface area contributed by atoms with E-state index in [-0.39, 0.29) is 11.6 Å². The van der Waals surface area contributed by atoms with Crippen LogP contribution in [0.3, 0.4) is 0 Å². The van der Waals surface area contributed by atoms with Crippen molar-refractivity contribution in [1.82, 2.24) is 9.78 Å². The van der Waals surface area contributed by atoms with Crippen LogP contribution in [0, 0.1) is 5.92 Å². The van der Waals surface area contributed by atoms with E-state index in [9.17, 15) is 22.8 Å². The van der Waals surface area contributed by atoms with Crippen LogP contribution in [0.1, 0.15) is 24.4 Å². The number of hydrogen-bond acceptors (Lipinski definition) is 4. The molecule has 1 unspecified atom stereocenters. The van der Waals surface area contributed by atoms with Crippen molar-refractivity contribution in [3.05, 3.63) is 76.6 Å². The summed E-state index contributed by atoms with van der Waals surface area (Å²) < 4.78 is 44.7. The Bertz CT molecular complexity index is 1190. The summed E-state index contributed by atoms with van der Waals surface area (Å²) in [7, 11) is 0. The molecular formula is C22H17F3IN3O3. The molecule has 2 aromatic carbocycles. The van der Waals surface area contributed by atoms with Gasteiger partial charge in [0.2, 0.25) is 5.91 Å². The van der Waals surface area contributed by atoms with Crippen LogP contribution in [0.15, 0.2) is 65.5 Å². The molecule has 0 spiro atoms. The van der Waals surface area contributed by atoms with Gasteiger partial charge in [-0.25, -0.2) is 4.68 Å². The largest absolute Gasteiger partial charge is 0.428 e. The van der Waals surface area contributed by atoms with Crippen molar-refractivity contribution in [3.63, 3.8) is 0 Å². The van der Waals surface area contributed by atoms with E-state index < -0.39 is 29.2 Å². The Morgan fingerprint density at radius 2 is 1.84 bits per heavy atom. The van der Waals surface area contributed by atoms with E-state index in [1.807, 2.05) is 6.07 Å². The molecule has 1 aliphatic carbocycles. The predicted octanol–water partition coefficient (Wildman–Crippen LogP) is 5.25. The van der Waals surface area contributed by atoms with Crippen molar-refractivity contribution in [2.75, 3.05) is 5.32 Å². The molecule has 3 aromatic rings. The average molecular weight is 555 g/mol. The Morgan fingerprint density at radius 1 is 1.12 bits per heavy atom. The summed E-state index contributed by atoms with van der Waals surface area (Å²) in [6.07, 6.45) is -2.96. The van der Waals surface area contributed by atoms with Crippen LogP contribution in [0.4, 0.5) is 18.9 Å². The van der Waals surface area contributed by atoms with Gasteiger partial charge in [0.05, 0.1) is 11.3 Å². The van der Waals surface area contributed by atoms with Gasteiger partial charge in [-0.2, -0.15) is 18.3 Å². The lowest BCUT2D eigenvalue weighted by Gasteiger charge is -2.19. The average Bonchev–Trinajstić information content (AvgIpc) is 3.60. The van der Waals surface area contributed by atoms with E-state index in [0.29, 0.717) is 17.0 Å². The fourth-order valence-corrected chi connectivity index (χ4v) is 3.65. The zero-order valence-electron chi connectivity index (χ0n) is 16.5. The number of aromatic nitrogens is 2. The lowest BCUT2D eigenvalue weighted by molar-refractivity contribution is -0.137. The first-order chi connectivity index (χ1) is 15.3. The second kappa shape index (κ2) is 8.93. The van der Waals surface area contributed by atoms with Crippen molar-refractivity contribution in [1.29, 1.82) is 0 Å². The molecule has 1 atom stereocenters. The second-order valence-corrected chi connectivity index (χ2v) is 7.89. The fraction of sp³-hybridized carbons (Fsp3) is 0.227. The molecule has 0 radical (unpaired) electrons. The van der Waals surface area contributed by atoms with Crippen LogP contribution in [-0.4, -0.2) is 15.7 Å². The monoisotopic (exact) mass is 555 g/mol.